The first-order valence-corrected chi connectivity index (χ1v) is 6.46. The van der Waals surface area contributed by atoms with Gasteiger partial charge in [0.05, 0.1) is 22.9 Å². The highest BCUT2D eigenvalue weighted by atomic mass is 16.3. The van der Waals surface area contributed by atoms with Crippen LogP contribution >= 0.6 is 0 Å². The molecule has 98 valence electrons. The van der Waals surface area contributed by atoms with Crippen LogP contribution in [0.25, 0.3) is 22.4 Å². The summed E-state index contributed by atoms with van der Waals surface area (Å²) < 4.78 is 7.59. The number of nitrogens with zero attached hydrogens (tertiary/aromatic N) is 2. The lowest BCUT2D eigenvalue weighted by Gasteiger charge is -2.01. The summed E-state index contributed by atoms with van der Waals surface area (Å²) in [6.07, 6.45) is 2.58. The van der Waals surface area contributed by atoms with Gasteiger partial charge in [-0.1, -0.05) is 13.0 Å². The number of aromatic nitrogens is 2. The molecule has 19 heavy (non-hydrogen) atoms. The molecule has 4 nitrogen and oxygen atoms in total. The first kappa shape index (κ1) is 12.0. The topological polar surface area (TPSA) is 57.0 Å². The first-order chi connectivity index (χ1) is 9.24. The summed E-state index contributed by atoms with van der Waals surface area (Å²) in [7, 11) is 2.03. The molecule has 0 radical (unpaired) electrons. The van der Waals surface area contributed by atoms with Crippen molar-refractivity contribution in [1.82, 2.24) is 9.55 Å². The smallest absolute Gasteiger partial charge is 0.144 e. The van der Waals surface area contributed by atoms with E-state index in [0.717, 1.165) is 40.2 Å². The predicted octanol–water partition coefficient (Wildman–Crippen LogP) is 2.85. The molecule has 3 aromatic rings. The van der Waals surface area contributed by atoms with Crippen molar-refractivity contribution in [3.05, 3.63) is 41.9 Å². The van der Waals surface area contributed by atoms with E-state index in [4.69, 9.17) is 15.1 Å². The summed E-state index contributed by atoms with van der Waals surface area (Å²) in [5.41, 5.74) is 9.92. The number of rotatable bonds is 3. The third-order valence-corrected chi connectivity index (χ3v) is 3.49. The number of aryl methyl sites for hydroxylation is 2. The molecule has 0 saturated heterocycles. The molecule has 0 fully saturated rings. The molecule has 2 N–H and O–H groups in total. The number of imidazole rings is 1. The lowest BCUT2D eigenvalue weighted by atomic mass is 10.2. The zero-order valence-corrected chi connectivity index (χ0v) is 11.2. The van der Waals surface area contributed by atoms with Gasteiger partial charge in [0, 0.05) is 20.0 Å². The van der Waals surface area contributed by atoms with Crippen LogP contribution in [0.15, 0.2) is 34.9 Å². The van der Waals surface area contributed by atoms with Gasteiger partial charge in [-0.2, -0.15) is 0 Å². The Morgan fingerprint density at radius 3 is 2.89 bits per heavy atom. The van der Waals surface area contributed by atoms with Crippen LogP contribution in [0.1, 0.15) is 18.2 Å². The van der Waals surface area contributed by atoms with E-state index in [1.807, 2.05) is 25.2 Å². The number of nitrogens with two attached hydrogens (primary N) is 1. The normalized spacial score (nSPS) is 11.3. The molecule has 0 saturated carbocycles. The van der Waals surface area contributed by atoms with Crippen molar-refractivity contribution in [1.29, 1.82) is 0 Å². The van der Waals surface area contributed by atoms with Crippen LogP contribution in [0.4, 0.5) is 0 Å². The second-order valence-corrected chi connectivity index (χ2v) is 4.63. The van der Waals surface area contributed by atoms with Crippen molar-refractivity contribution < 1.29 is 4.42 Å². The maximum atomic E-state index is 5.68. The lowest BCUT2D eigenvalue weighted by molar-refractivity contribution is 0.517. The third-order valence-electron chi connectivity index (χ3n) is 3.49. The molecule has 0 amide bonds. The quantitative estimate of drug-likeness (QED) is 0.783. The zero-order valence-electron chi connectivity index (χ0n) is 11.2. The van der Waals surface area contributed by atoms with Gasteiger partial charge in [-0.25, -0.2) is 4.98 Å². The summed E-state index contributed by atoms with van der Waals surface area (Å²) in [4.78, 5) is 4.72. The summed E-state index contributed by atoms with van der Waals surface area (Å²) in [6.45, 7) is 2.62. The molecule has 0 aliphatic rings. The Kier molecular flexibility index (Phi) is 2.87. The zero-order chi connectivity index (χ0) is 13.4. The number of furan rings is 1. The molecule has 0 unspecified atom stereocenters. The highest BCUT2D eigenvalue weighted by Gasteiger charge is 2.14. The van der Waals surface area contributed by atoms with Crippen molar-refractivity contribution in [3.63, 3.8) is 0 Å². The monoisotopic (exact) mass is 255 g/mol. The van der Waals surface area contributed by atoms with Gasteiger partial charge in [0.25, 0.3) is 0 Å². The molecule has 0 aliphatic heterocycles. The minimum Gasteiger partial charge on any atom is -0.469 e. The summed E-state index contributed by atoms with van der Waals surface area (Å²) in [6, 6.07) is 8.14. The Labute approximate surface area is 111 Å². The summed E-state index contributed by atoms with van der Waals surface area (Å²) >= 11 is 0. The molecular weight excluding hydrogens is 238 g/mol. The van der Waals surface area contributed by atoms with E-state index in [2.05, 4.69) is 17.6 Å². The maximum absolute atomic E-state index is 5.68. The van der Waals surface area contributed by atoms with Gasteiger partial charge in [0.2, 0.25) is 0 Å². The Morgan fingerprint density at radius 1 is 1.32 bits per heavy atom. The molecule has 0 spiro atoms. The Morgan fingerprint density at radius 2 is 2.16 bits per heavy atom. The van der Waals surface area contributed by atoms with Gasteiger partial charge in [0.1, 0.15) is 11.6 Å². The Hall–Kier alpha value is -2.07. The van der Waals surface area contributed by atoms with E-state index in [0.29, 0.717) is 6.54 Å². The van der Waals surface area contributed by atoms with E-state index >= 15 is 0 Å². The molecule has 0 aliphatic carbocycles. The van der Waals surface area contributed by atoms with Gasteiger partial charge in [-0.05, 0) is 23.8 Å². The van der Waals surface area contributed by atoms with Crippen molar-refractivity contribution in [2.75, 3.05) is 0 Å². The van der Waals surface area contributed by atoms with Gasteiger partial charge in [-0.15, -0.1) is 0 Å². The standard InChI is InChI=1S/C15H17N3O/c1-3-14-11(6-7-19-14)15-17-12-8-10(9-16)4-5-13(12)18(15)2/h4-8H,3,9,16H2,1-2H3. The van der Waals surface area contributed by atoms with E-state index in [9.17, 15) is 0 Å². The highest BCUT2D eigenvalue weighted by Crippen LogP contribution is 2.28. The lowest BCUT2D eigenvalue weighted by Crippen LogP contribution is -1.96. The fourth-order valence-electron chi connectivity index (χ4n) is 2.43. The van der Waals surface area contributed by atoms with Gasteiger partial charge >= 0.3 is 0 Å². The van der Waals surface area contributed by atoms with Crippen LogP contribution in [0.3, 0.4) is 0 Å². The minimum atomic E-state index is 0.535. The first-order valence-electron chi connectivity index (χ1n) is 6.46. The van der Waals surface area contributed by atoms with Gasteiger partial charge in [-0.3, -0.25) is 0 Å². The highest BCUT2D eigenvalue weighted by molar-refractivity contribution is 5.81. The molecule has 0 atom stereocenters. The van der Waals surface area contributed by atoms with E-state index in [1.54, 1.807) is 6.26 Å². The molecule has 1 aromatic carbocycles. The average molecular weight is 255 g/mol. The third kappa shape index (κ3) is 1.85. The largest absolute Gasteiger partial charge is 0.469 e. The Bertz CT molecular complexity index is 724. The average Bonchev–Trinajstić information content (AvgIpc) is 3.02. The van der Waals surface area contributed by atoms with Gasteiger partial charge in [0.15, 0.2) is 0 Å². The van der Waals surface area contributed by atoms with Crippen LogP contribution in [0.2, 0.25) is 0 Å². The van der Waals surface area contributed by atoms with Crippen LogP contribution in [-0.4, -0.2) is 9.55 Å². The number of hydrogen-bond donors (Lipinski definition) is 1. The fraction of sp³-hybridized carbons (Fsp3) is 0.267. The molecule has 2 heterocycles. The molecule has 4 heteroatoms. The fourth-order valence-corrected chi connectivity index (χ4v) is 2.43. The Balaban J connectivity index is 2.22. The minimum absolute atomic E-state index is 0.535. The van der Waals surface area contributed by atoms with Crippen molar-refractivity contribution in [2.45, 2.75) is 19.9 Å². The van der Waals surface area contributed by atoms with Crippen molar-refractivity contribution in [3.8, 4) is 11.4 Å². The van der Waals surface area contributed by atoms with Crippen LogP contribution in [-0.2, 0) is 20.0 Å². The molecule has 3 rings (SSSR count). The number of hydrogen-bond acceptors (Lipinski definition) is 3. The SMILES string of the molecule is CCc1occc1-c1nc2cc(CN)ccc2n1C. The molecular formula is C15H17N3O. The summed E-state index contributed by atoms with van der Waals surface area (Å²) in [5, 5.41) is 0. The van der Waals surface area contributed by atoms with Crippen molar-refractivity contribution >= 4 is 11.0 Å². The number of fused-ring (bicyclic) bond motifs is 1. The van der Waals surface area contributed by atoms with E-state index in [1.165, 1.54) is 0 Å². The van der Waals surface area contributed by atoms with Crippen molar-refractivity contribution in [2.24, 2.45) is 12.8 Å². The molecule has 2 aromatic heterocycles. The van der Waals surface area contributed by atoms with E-state index in [-0.39, 0.29) is 0 Å². The number of benzene rings is 1. The van der Waals surface area contributed by atoms with Gasteiger partial charge < -0.3 is 14.7 Å². The molecule has 0 bridgehead atoms. The van der Waals surface area contributed by atoms with Crippen LogP contribution in [0.5, 0.6) is 0 Å². The maximum Gasteiger partial charge on any atom is 0.144 e. The second kappa shape index (κ2) is 4.55. The van der Waals surface area contributed by atoms with Crippen LogP contribution in [0, 0.1) is 0 Å². The summed E-state index contributed by atoms with van der Waals surface area (Å²) in [5.74, 6) is 1.91. The predicted molar refractivity (Wildman–Crippen MR) is 75.7 cm³/mol. The van der Waals surface area contributed by atoms with Crippen LogP contribution < -0.4 is 5.73 Å². The second-order valence-electron chi connectivity index (χ2n) is 4.63. The van der Waals surface area contributed by atoms with E-state index < -0.39 is 0 Å².